The first kappa shape index (κ1) is 16.1. The molecule has 4 aromatic carbocycles. The number of hydrogen-bond donors (Lipinski definition) is 1. The van der Waals surface area contributed by atoms with E-state index in [1.54, 1.807) is 0 Å². The second kappa shape index (κ2) is 5.23. The summed E-state index contributed by atoms with van der Waals surface area (Å²) in [5.74, 6) is 0. The fraction of sp³-hybridized carbons (Fsp3) is 0. The van der Waals surface area contributed by atoms with Gasteiger partial charge in [-0.25, -0.2) is 0 Å². The molecule has 1 N–H and O–H groups in total. The third-order valence-electron chi connectivity index (χ3n) is 7.08. The summed E-state index contributed by atoms with van der Waals surface area (Å²) in [6, 6.07) is 29.0. The third kappa shape index (κ3) is 1.66. The van der Waals surface area contributed by atoms with E-state index in [1.807, 2.05) is 22.7 Å². The van der Waals surface area contributed by atoms with Crippen LogP contribution in [0.1, 0.15) is 0 Å². The molecule has 0 aliphatic carbocycles. The van der Waals surface area contributed by atoms with E-state index in [2.05, 4.69) is 88.2 Å². The number of benzene rings is 4. The van der Waals surface area contributed by atoms with E-state index in [4.69, 9.17) is 0 Å². The van der Waals surface area contributed by atoms with Crippen molar-refractivity contribution < 1.29 is 0 Å². The molecule has 32 heavy (non-hydrogen) atoms. The van der Waals surface area contributed by atoms with Gasteiger partial charge in [-0.3, -0.25) is 4.40 Å². The summed E-state index contributed by atoms with van der Waals surface area (Å²) in [5, 5.41) is 9.46. The number of thiophene rings is 2. The van der Waals surface area contributed by atoms with Crippen LogP contribution < -0.4 is 0 Å². The minimum atomic E-state index is 1.21. The SMILES string of the molecule is c1ccc2c(c1)sc1c2sc2c1c1ccc3[nH]c4cccc5c6ccccc6n2c1c3c45. The zero-order valence-corrected chi connectivity index (χ0v) is 18.4. The summed E-state index contributed by atoms with van der Waals surface area (Å²) in [4.78, 5) is 5.05. The lowest BCUT2D eigenvalue weighted by Crippen LogP contribution is -1.83. The van der Waals surface area contributed by atoms with Gasteiger partial charge in [-0.1, -0.05) is 48.5 Å². The van der Waals surface area contributed by atoms with Gasteiger partial charge in [0.05, 0.1) is 20.4 Å². The quantitative estimate of drug-likeness (QED) is 0.242. The lowest BCUT2D eigenvalue weighted by molar-refractivity contribution is 1.38. The molecule has 148 valence electrons. The fourth-order valence-corrected chi connectivity index (χ4v) is 8.64. The van der Waals surface area contributed by atoms with Crippen molar-refractivity contribution in [2.75, 3.05) is 0 Å². The highest BCUT2D eigenvalue weighted by atomic mass is 32.1. The van der Waals surface area contributed by atoms with Crippen LogP contribution in [0, 0.1) is 0 Å². The molecule has 2 nitrogen and oxygen atoms in total. The molecule has 5 heterocycles. The number of aromatic amines is 1. The summed E-state index contributed by atoms with van der Waals surface area (Å²) >= 11 is 3.88. The molecular weight excluding hydrogens is 428 g/mol. The van der Waals surface area contributed by atoms with Crippen molar-refractivity contribution in [1.82, 2.24) is 9.38 Å². The Labute approximate surface area is 189 Å². The summed E-state index contributed by atoms with van der Waals surface area (Å²) in [6.45, 7) is 0. The average molecular weight is 443 g/mol. The summed E-state index contributed by atoms with van der Waals surface area (Å²) < 4.78 is 6.76. The van der Waals surface area contributed by atoms with Gasteiger partial charge in [-0.2, -0.15) is 0 Å². The number of rotatable bonds is 0. The van der Waals surface area contributed by atoms with Crippen LogP contribution >= 0.6 is 22.7 Å². The second-order valence-corrected chi connectivity index (χ2v) is 10.7. The summed E-state index contributed by atoms with van der Waals surface area (Å²) in [6.07, 6.45) is 0. The van der Waals surface area contributed by atoms with E-state index < -0.39 is 0 Å². The van der Waals surface area contributed by atoms with E-state index >= 15 is 0 Å². The maximum absolute atomic E-state index is 3.69. The van der Waals surface area contributed by atoms with E-state index in [9.17, 15) is 0 Å². The number of fused-ring (bicyclic) bond motifs is 10. The minimum Gasteiger partial charge on any atom is -0.354 e. The molecule has 0 fully saturated rings. The molecule has 0 aliphatic rings. The first-order valence-electron chi connectivity index (χ1n) is 10.8. The molecule has 0 aliphatic heterocycles. The van der Waals surface area contributed by atoms with Crippen molar-refractivity contribution in [3.05, 3.63) is 78.9 Å². The highest BCUT2D eigenvalue weighted by Crippen LogP contribution is 2.50. The van der Waals surface area contributed by atoms with E-state index in [0.29, 0.717) is 0 Å². The van der Waals surface area contributed by atoms with Gasteiger partial charge in [-0.15, -0.1) is 22.7 Å². The zero-order valence-electron chi connectivity index (χ0n) is 16.8. The maximum Gasteiger partial charge on any atom is 0.110 e. The molecule has 0 amide bonds. The Morgan fingerprint density at radius 2 is 1.38 bits per heavy atom. The predicted octanol–water partition coefficient (Wildman–Crippen LogP) is 8.90. The number of H-pyrrole nitrogens is 1. The van der Waals surface area contributed by atoms with Gasteiger partial charge in [0.1, 0.15) is 4.83 Å². The molecule has 0 radical (unpaired) electrons. The van der Waals surface area contributed by atoms with Crippen LogP contribution in [0.25, 0.3) is 78.7 Å². The standard InChI is InChI=1S/C28H14N2S2/c1-3-10-20-14(6-1)15-8-5-9-18-22(15)24-19(29-18)13-12-17-23-27-26(32-28(23)30(20)25(17)24)16-7-2-4-11-21(16)31-27/h1-13,29H. The van der Waals surface area contributed by atoms with Crippen molar-refractivity contribution in [3.8, 4) is 0 Å². The Morgan fingerprint density at radius 1 is 0.562 bits per heavy atom. The van der Waals surface area contributed by atoms with Gasteiger partial charge >= 0.3 is 0 Å². The van der Waals surface area contributed by atoms with Crippen LogP contribution in [-0.2, 0) is 0 Å². The second-order valence-electron chi connectivity index (χ2n) is 8.63. The van der Waals surface area contributed by atoms with E-state index in [0.717, 1.165) is 0 Å². The normalized spacial score (nSPS) is 13.0. The van der Waals surface area contributed by atoms with Crippen molar-refractivity contribution in [2.45, 2.75) is 0 Å². The minimum absolute atomic E-state index is 1.21. The highest BCUT2D eigenvalue weighted by molar-refractivity contribution is 7.36. The van der Waals surface area contributed by atoms with Crippen LogP contribution in [0.4, 0.5) is 0 Å². The molecule has 0 atom stereocenters. The predicted molar refractivity (Wildman–Crippen MR) is 141 cm³/mol. The van der Waals surface area contributed by atoms with Crippen LogP contribution in [0.5, 0.6) is 0 Å². The summed E-state index contributed by atoms with van der Waals surface area (Å²) in [5.41, 5.74) is 5.05. The van der Waals surface area contributed by atoms with Gasteiger partial charge in [0.25, 0.3) is 0 Å². The Morgan fingerprint density at radius 3 is 2.34 bits per heavy atom. The van der Waals surface area contributed by atoms with Crippen LogP contribution in [0.2, 0.25) is 0 Å². The van der Waals surface area contributed by atoms with Crippen molar-refractivity contribution >= 4 is 101 Å². The molecule has 0 saturated heterocycles. The topological polar surface area (TPSA) is 20.2 Å². The average Bonchev–Trinajstić information content (AvgIpc) is 3.53. The molecule has 0 spiro atoms. The Balaban J connectivity index is 1.73. The first-order chi connectivity index (χ1) is 15.9. The largest absolute Gasteiger partial charge is 0.354 e. The van der Waals surface area contributed by atoms with E-state index in [1.165, 1.54) is 78.7 Å². The van der Waals surface area contributed by atoms with Gasteiger partial charge < -0.3 is 4.98 Å². The lowest BCUT2D eigenvalue weighted by Gasteiger charge is -2.01. The van der Waals surface area contributed by atoms with Gasteiger partial charge in [-0.05, 0) is 35.7 Å². The Hall–Kier alpha value is -3.60. The Bertz CT molecular complexity index is 2200. The van der Waals surface area contributed by atoms with Gasteiger partial charge in [0.2, 0.25) is 0 Å². The van der Waals surface area contributed by atoms with Crippen LogP contribution in [0.15, 0.2) is 78.9 Å². The third-order valence-corrected chi connectivity index (χ3v) is 9.61. The Kier molecular flexibility index (Phi) is 2.63. The summed E-state index contributed by atoms with van der Waals surface area (Å²) in [7, 11) is 0. The van der Waals surface area contributed by atoms with E-state index in [-0.39, 0.29) is 0 Å². The van der Waals surface area contributed by atoms with Gasteiger partial charge in [0, 0.05) is 48.1 Å². The van der Waals surface area contributed by atoms with Crippen molar-refractivity contribution in [2.24, 2.45) is 0 Å². The molecule has 0 saturated carbocycles. The number of nitrogens with zero attached hydrogens (tertiary/aromatic N) is 1. The molecule has 0 bridgehead atoms. The number of para-hydroxylation sites is 1. The molecule has 9 aromatic rings. The molecule has 5 aromatic heterocycles. The van der Waals surface area contributed by atoms with Crippen molar-refractivity contribution in [1.29, 1.82) is 0 Å². The number of nitrogens with one attached hydrogen (secondary N) is 1. The number of hydrogen-bond acceptors (Lipinski definition) is 2. The molecule has 9 rings (SSSR count). The zero-order chi connectivity index (χ0) is 20.6. The molecular formula is C28H14N2S2. The maximum atomic E-state index is 3.69. The van der Waals surface area contributed by atoms with Crippen LogP contribution in [0.3, 0.4) is 0 Å². The smallest absolute Gasteiger partial charge is 0.110 e. The number of aromatic nitrogens is 2. The van der Waals surface area contributed by atoms with Crippen LogP contribution in [-0.4, -0.2) is 9.38 Å². The first-order valence-corrected chi connectivity index (χ1v) is 12.4. The monoisotopic (exact) mass is 442 g/mol. The molecule has 0 unspecified atom stereocenters. The van der Waals surface area contributed by atoms with Gasteiger partial charge in [0.15, 0.2) is 0 Å². The van der Waals surface area contributed by atoms with Crippen molar-refractivity contribution in [3.63, 3.8) is 0 Å². The highest BCUT2D eigenvalue weighted by Gasteiger charge is 2.23. The lowest BCUT2D eigenvalue weighted by atomic mass is 10.0. The molecule has 4 heteroatoms. The fourth-order valence-electron chi connectivity index (χ4n) is 5.83.